The Balaban J connectivity index is 1.35. The van der Waals surface area contributed by atoms with E-state index in [1.165, 1.54) is 25.7 Å². The van der Waals surface area contributed by atoms with E-state index in [1.807, 2.05) is 13.2 Å². The van der Waals surface area contributed by atoms with Gasteiger partial charge in [-0.3, -0.25) is 14.4 Å². The van der Waals surface area contributed by atoms with E-state index in [2.05, 4.69) is 15.3 Å². The van der Waals surface area contributed by atoms with Crippen LogP contribution in [0.5, 0.6) is 0 Å². The number of hydrogen-bond donors (Lipinski definition) is 1. The van der Waals surface area contributed by atoms with Crippen molar-refractivity contribution in [2.24, 2.45) is 30.7 Å². The van der Waals surface area contributed by atoms with Gasteiger partial charge in [0.25, 0.3) is 0 Å². The molecule has 1 amide bonds. The van der Waals surface area contributed by atoms with Crippen molar-refractivity contribution in [1.29, 1.82) is 0 Å². The summed E-state index contributed by atoms with van der Waals surface area (Å²) in [6.07, 6.45) is 9.26. The molecule has 0 spiro atoms. The number of rotatable bonds is 3. The number of nitrogens with zero attached hydrogens (tertiary/aromatic N) is 3. The maximum atomic E-state index is 12.2. The van der Waals surface area contributed by atoms with Crippen molar-refractivity contribution in [1.82, 2.24) is 14.7 Å². The van der Waals surface area contributed by atoms with E-state index < -0.39 is 0 Å². The largest absolute Gasteiger partial charge is 0.322 e. The molecule has 5 heteroatoms. The van der Waals surface area contributed by atoms with Crippen LogP contribution in [0.15, 0.2) is 12.4 Å². The van der Waals surface area contributed by atoms with E-state index >= 15 is 0 Å². The van der Waals surface area contributed by atoms with Gasteiger partial charge in [0.1, 0.15) is 0 Å². The van der Waals surface area contributed by atoms with Crippen LogP contribution in [0.2, 0.25) is 0 Å². The molecule has 0 unspecified atom stereocenters. The number of anilines is 1. The van der Waals surface area contributed by atoms with Gasteiger partial charge in [-0.1, -0.05) is 0 Å². The lowest BCUT2D eigenvalue weighted by atomic mass is 9.60. The molecule has 21 heavy (non-hydrogen) atoms. The minimum absolute atomic E-state index is 0.0917. The van der Waals surface area contributed by atoms with E-state index in [0.29, 0.717) is 6.54 Å². The smallest absolute Gasteiger partial charge is 0.238 e. The van der Waals surface area contributed by atoms with Crippen molar-refractivity contribution in [3.8, 4) is 0 Å². The van der Waals surface area contributed by atoms with Crippen LogP contribution in [0.4, 0.5) is 5.69 Å². The molecule has 0 radical (unpaired) electrons. The van der Waals surface area contributed by atoms with Crippen molar-refractivity contribution < 1.29 is 4.79 Å². The number of likely N-dealkylation sites (tertiary alicyclic amines) is 1. The highest BCUT2D eigenvalue weighted by Gasteiger charge is 2.48. The SMILES string of the molecule is Cn1cc(NC(=O)CN2C[C@@H]3C4CCC(CC4)[C@@H]3C2)cn1. The Labute approximate surface area is 125 Å². The van der Waals surface area contributed by atoms with Crippen LogP contribution in [0, 0.1) is 23.7 Å². The highest BCUT2D eigenvalue weighted by Crippen LogP contribution is 2.51. The standard InChI is InChI=1S/C16H24N4O/c1-19-7-13(6-17-19)18-16(21)10-20-8-14-11-2-3-12(5-4-11)15(14)9-20/h6-7,11-12,14-15H,2-5,8-10H2,1H3,(H,18,21)/t11?,12?,14-,15+. The molecule has 2 atom stereocenters. The monoisotopic (exact) mass is 288 g/mol. The van der Waals surface area contributed by atoms with E-state index in [0.717, 1.165) is 42.4 Å². The number of aromatic nitrogens is 2. The summed E-state index contributed by atoms with van der Waals surface area (Å²) in [4.78, 5) is 14.5. The summed E-state index contributed by atoms with van der Waals surface area (Å²) in [7, 11) is 1.86. The molecule has 1 saturated heterocycles. The van der Waals surface area contributed by atoms with Crippen LogP contribution < -0.4 is 5.32 Å². The molecule has 2 bridgehead atoms. The Morgan fingerprint density at radius 3 is 2.38 bits per heavy atom. The lowest BCUT2D eigenvalue weighted by molar-refractivity contribution is -0.117. The fourth-order valence-electron chi connectivity index (χ4n) is 4.96. The third-order valence-electron chi connectivity index (χ3n) is 5.87. The molecule has 0 aromatic carbocycles. The summed E-state index contributed by atoms with van der Waals surface area (Å²) in [6, 6.07) is 0. The van der Waals surface area contributed by atoms with Gasteiger partial charge < -0.3 is 5.32 Å². The van der Waals surface area contributed by atoms with E-state index in [4.69, 9.17) is 0 Å². The molecule has 4 fully saturated rings. The van der Waals surface area contributed by atoms with Gasteiger partial charge in [-0.25, -0.2) is 0 Å². The fourth-order valence-corrected chi connectivity index (χ4v) is 4.96. The molecule has 1 N–H and O–H groups in total. The second-order valence-electron chi connectivity index (χ2n) is 7.15. The third kappa shape index (κ3) is 2.48. The van der Waals surface area contributed by atoms with Crippen molar-refractivity contribution >= 4 is 11.6 Å². The van der Waals surface area contributed by atoms with Gasteiger partial charge >= 0.3 is 0 Å². The lowest BCUT2D eigenvalue weighted by Crippen LogP contribution is -2.38. The number of carbonyl (C=O) groups is 1. The predicted molar refractivity (Wildman–Crippen MR) is 80.7 cm³/mol. The Morgan fingerprint density at radius 2 is 1.86 bits per heavy atom. The molecule has 5 nitrogen and oxygen atoms in total. The van der Waals surface area contributed by atoms with E-state index in [9.17, 15) is 4.79 Å². The van der Waals surface area contributed by atoms with Crippen LogP contribution in [-0.4, -0.2) is 40.2 Å². The molecular formula is C16H24N4O. The number of amides is 1. The van der Waals surface area contributed by atoms with Gasteiger partial charge in [0, 0.05) is 26.3 Å². The molecule has 1 aromatic rings. The predicted octanol–water partition coefficient (Wildman–Crippen LogP) is 1.73. The average Bonchev–Trinajstić information content (AvgIpc) is 3.07. The lowest BCUT2D eigenvalue weighted by Gasteiger charge is -2.45. The van der Waals surface area contributed by atoms with E-state index in [1.54, 1.807) is 10.9 Å². The first-order chi connectivity index (χ1) is 10.2. The topological polar surface area (TPSA) is 50.2 Å². The molecule has 4 aliphatic rings. The second-order valence-corrected chi connectivity index (χ2v) is 7.15. The zero-order valence-electron chi connectivity index (χ0n) is 12.7. The van der Waals surface area contributed by atoms with Crippen molar-refractivity contribution in [2.45, 2.75) is 25.7 Å². The molecule has 114 valence electrons. The van der Waals surface area contributed by atoms with Gasteiger partial charge in [-0.2, -0.15) is 5.10 Å². The first kappa shape index (κ1) is 13.3. The maximum Gasteiger partial charge on any atom is 0.238 e. The number of fused-ring (bicyclic) bond motifs is 2. The summed E-state index contributed by atoms with van der Waals surface area (Å²) in [6.45, 7) is 2.79. The van der Waals surface area contributed by atoms with E-state index in [-0.39, 0.29) is 5.91 Å². The maximum absolute atomic E-state index is 12.2. The second kappa shape index (κ2) is 5.13. The zero-order valence-corrected chi connectivity index (χ0v) is 12.7. The highest BCUT2D eigenvalue weighted by atomic mass is 16.2. The summed E-state index contributed by atoms with van der Waals surface area (Å²) >= 11 is 0. The quantitative estimate of drug-likeness (QED) is 0.921. The number of nitrogens with one attached hydrogen (secondary N) is 1. The summed E-state index contributed by atoms with van der Waals surface area (Å²) < 4.78 is 1.71. The van der Waals surface area contributed by atoms with Gasteiger partial charge in [0.2, 0.25) is 5.91 Å². The van der Waals surface area contributed by atoms with Crippen molar-refractivity contribution in [3.05, 3.63) is 12.4 Å². The molecular weight excluding hydrogens is 264 g/mol. The highest BCUT2D eigenvalue weighted by molar-refractivity contribution is 5.91. The molecule has 3 saturated carbocycles. The Bertz CT molecular complexity index is 512. The van der Waals surface area contributed by atoms with Crippen LogP contribution in [0.25, 0.3) is 0 Å². The Kier molecular flexibility index (Phi) is 3.25. The molecule has 3 aliphatic carbocycles. The van der Waals surface area contributed by atoms with Gasteiger partial charge in [-0.05, 0) is 49.4 Å². The Hall–Kier alpha value is -1.36. The minimum atomic E-state index is 0.0917. The summed E-state index contributed by atoms with van der Waals surface area (Å²) in [5, 5.41) is 7.02. The third-order valence-corrected chi connectivity index (χ3v) is 5.87. The first-order valence-corrected chi connectivity index (χ1v) is 8.20. The number of hydrogen-bond acceptors (Lipinski definition) is 3. The average molecular weight is 288 g/mol. The minimum Gasteiger partial charge on any atom is -0.322 e. The number of aryl methyl sites for hydroxylation is 1. The molecule has 5 rings (SSSR count). The Morgan fingerprint density at radius 1 is 1.24 bits per heavy atom. The van der Waals surface area contributed by atoms with Gasteiger partial charge in [-0.15, -0.1) is 0 Å². The first-order valence-electron chi connectivity index (χ1n) is 8.20. The zero-order chi connectivity index (χ0) is 14.4. The fraction of sp³-hybridized carbons (Fsp3) is 0.750. The van der Waals surface area contributed by atoms with Crippen LogP contribution in [0.3, 0.4) is 0 Å². The molecule has 1 aliphatic heterocycles. The van der Waals surface area contributed by atoms with Gasteiger partial charge in [0.15, 0.2) is 0 Å². The van der Waals surface area contributed by atoms with Gasteiger partial charge in [0.05, 0.1) is 18.4 Å². The normalized spacial score (nSPS) is 34.9. The molecule has 2 heterocycles. The van der Waals surface area contributed by atoms with Crippen molar-refractivity contribution in [2.75, 3.05) is 25.0 Å². The van der Waals surface area contributed by atoms with Crippen molar-refractivity contribution in [3.63, 3.8) is 0 Å². The van der Waals surface area contributed by atoms with Crippen LogP contribution in [-0.2, 0) is 11.8 Å². The summed E-state index contributed by atoms with van der Waals surface area (Å²) in [5.74, 6) is 3.69. The van der Waals surface area contributed by atoms with Crippen LogP contribution in [0.1, 0.15) is 25.7 Å². The van der Waals surface area contributed by atoms with Crippen LogP contribution >= 0.6 is 0 Å². The summed E-state index contributed by atoms with van der Waals surface area (Å²) in [5.41, 5.74) is 0.791. The molecule has 1 aromatic heterocycles. The number of carbonyl (C=O) groups excluding carboxylic acids is 1.